The Bertz CT molecular complexity index is 790. The molecule has 9 heteroatoms. The Morgan fingerprint density at radius 3 is 2.29 bits per heavy atom. The minimum absolute atomic E-state index is 0.0479. The molecule has 0 unspecified atom stereocenters. The van der Waals surface area contributed by atoms with E-state index in [1.165, 1.54) is 17.8 Å². The van der Waals surface area contributed by atoms with Gasteiger partial charge in [-0.2, -0.15) is 0 Å². The fourth-order valence-electron chi connectivity index (χ4n) is 1.84. The summed E-state index contributed by atoms with van der Waals surface area (Å²) < 4.78 is 27.9. The number of hydrogen-bond acceptors (Lipinski definition) is 5. The van der Waals surface area contributed by atoms with Gasteiger partial charge in [0.25, 0.3) is 10.0 Å². The first-order chi connectivity index (χ1) is 9.69. The fraction of sp³-hybridized carbons (Fsp3) is 0.250. The smallest absolute Gasteiger partial charge is 0.352 e. The molecule has 0 saturated heterocycles. The molecule has 0 aromatic carbocycles. The van der Waals surface area contributed by atoms with Gasteiger partial charge in [-0.3, -0.25) is 0 Å². The van der Waals surface area contributed by atoms with Gasteiger partial charge in [0, 0.05) is 24.6 Å². The Balaban J connectivity index is 2.38. The van der Waals surface area contributed by atoms with Crippen molar-refractivity contribution < 1.29 is 18.3 Å². The quantitative estimate of drug-likeness (QED) is 0.868. The molecule has 0 spiro atoms. The molecule has 0 aliphatic rings. The first kappa shape index (κ1) is 15.0. The van der Waals surface area contributed by atoms with Gasteiger partial charge in [0.1, 0.15) is 10.6 Å². The van der Waals surface area contributed by atoms with Crippen LogP contribution in [0.25, 0.3) is 0 Å². The maximum Gasteiger partial charge on any atom is 0.352 e. The summed E-state index contributed by atoms with van der Waals surface area (Å²) in [6, 6.07) is 2.79. The summed E-state index contributed by atoms with van der Waals surface area (Å²) in [5.41, 5.74) is 1.12. The molecule has 0 amide bonds. The highest BCUT2D eigenvalue weighted by Crippen LogP contribution is 2.16. The number of carboxylic acids is 1. The monoisotopic (exact) mass is 310 g/mol. The van der Waals surface area contributed by atoms with Crippen LogP contribution in [0.1, 0.15) is 21.9 Å². The summed E-state index contributed by atoms with van der Waals surface area (Å²) >= 11 is 0. The molecule has 0 fully saturated rings. The van der Waals surface area contributed by atoms with E-state index < -0.39 is 16.0 Å². The number of hydrogen-bond donors (Lipinski definition) is 2. The fourth-order valence-corrected chi connectivity index (χ4v) is 2.86. The predicted octanol–water partition coefficient (Wildman–Crippen LogP) is 0.931. The van der Waals surface area contributed by atoms with E-state index >= 15 is 0 Å². The zero-order valence-corrected chi connectivity index (χ0v) is 12.5. The molecule has 2 N–H and O–H groups in total. The third-order valence-electron chi connectivity index (χ3n) is 2.72. The average Bonchev–Trinajstić information content (AvgIpc) is 2.70. The van der Waals surface area contributed by atoms with Crippen molar-refractivity contribution in [1.82, 2.24) is 14.5 Å². The molecule has 2 aromatic rings. The van der Waals surface area contributed by atoms with E-state index in [0.29, 0.717) is 11.4 Å². The van der Waals surface area contributed by atoms with E-state index in [0.717, 1.165) is 6.07 Å². The van der Waals surface area contributed by atoms with Gasteiger partial charge < -0.3 is 9.67 Å². The second kappa shape index (κ2) is 5.17. The number of carbonyl (C=O) groups is 1. The van der Waals surface area contributed by atoms with Gasteiger partial charge in [0.15, 0.2) is 0 Å². The number of rotatable bonds is 4. The van der Waals surface area contributed by atoms with Crippen molar-refractivity contribution in [2.24, 2.45) is 7.05 Å². The van der Waals surface area contributed by atoms with Crippen LogP contribution in [-0.2, 0) is 17.1 Å². The molecule has 0 bridgehead atoms. The molecule has 2 rings (SSSR count). The van der Waals surface area contributed by atoms with E-state index in [2.05, 4.69) is 14.7 Å². The minimum atomic E-state index is -3.94. The Kier molecular flexibility index (Phi) is 3.69. The zero-order chi connectivity index (χ0) is 15.8. The molecule has 0 aliphatic heterocycles. The van der Waals surface area contributed by atoms with Gasteiger partial charge in [0.2, 0.25) is 5.95 Å². The first-order valence-corrected chi connectivity index (χ1v) is 7.42. The second-order valence-corrected chi connectivity index (χ2v) is 6.24. The van der Waals surface area contributed by atoms with Gasteiger partial charge in [-0.1, -0.05) is 0 Å². The van der Waals surface area contributed by atoms with E-state index in [4.69, 9.17) is 5.11 Å². The number of aromatic nitrogens is 3. The van der Waals surface area contributed by atoms with Crippen molar-refractivity contribution in [3.8, 4) is 0 Å². The summed E-state index contributed by atoms with van der Waals surface area (Å²) in [7, 11) is -2.49. The molecule has 2 heterocycles. The number of sulfonamides is 1. The van der Waals surface area contributed by atoms with Crippen molar-refractivity contribution >= 4 is 21.9 Å². The lowest BCUT2D eigenvalue weighted by molar-refractivity contribution is 0.0686. The van der Waals surface area contributed by atoms with Crippen molar-refractivity contribution in [2.75, 3.05) is 4.72 Å². The van der Waals surface area contributed by atoms with Crippen LogP contribution in [0.3, 0.4) is 0 Å². The highest BCUT2D eigenvalue weighted by atomic mass is 32.2. The molecular weight excluding hydrogens is 296 g/mol. The lowest BCUT2D eigenvalue weighted by Crippen LogP contribution is -2.15. The predicted molar refractivity (Wildman–Crippen MR) is 74.7 cm³/mol. The van der Waals surface area contributed by atoms with Crippen molar-refractivity contribution in [3.63, 3.8) is 0 Å². The number of aryl methyl sites for hydroxylation is 3. The Morgan fingerprint density at radius 1 is 1.24 bits per heavy atom. The SMILES string of the molecule is Cc1cc(C)nc(NS(=O)(=O)c2cc(C(=O)O)n(C)c2)n1. The molecule has 2 aromatic heterocycles. The summed E-state index contributed by atoms with van der Waals surface area (Å²) in [4.78, 5) is 18.8. The Labute approximate surface area is 121 Å². The van der Waals surface area contributed by atoms with Crippen LogP contribution in [0.2, 0.25) is 0 Å². The topological polar surface area (TPSA) is 114 Å². The first-order valence-electron chi connectivity index (χ1n) is 5.94. The van der Waals surface area contributed by atoms with Gasteiger partial charge in [-0.25, -0.2) is 27.9 Å². The van der Waals surface area contributed by atoms with Crippen molar-refractivity contribution in [3.05, 3.63) is 35.4 Å². The van der Waals surface area contributed by atoms with Gasteiger partial charge >= 0.3 is 5.97 Å². The molecule has 21 heavy (non-hydrogen) atoms. The van der Waals surface area contributed by atoms with E-state index in [9.17, 15) is 13.2 Å². The van der Waals surface area contributed by atoms with Crippen LogP contribution in [0.5, 0.6) is 0 Å². The van der Waals surface area contributed by atoms with Gasteiger partial charge in [-0.05, 0) is 26.0 Å². The van der Waals surface area contributed by atoms with Crippen LogP contribution in [-0.4, -0.2) is 34.0 Å². The molecule has 112 valence electrons. The summed E-state index contributed by atoms with van der Waals surface area (Å²) in [5, 5.41) is 8.95. The van der Waals surface area contributed by atoms with Crippen LogP contribution in [0.15, 0.2) is 23.2 Å². The van der Waals surface area contributed by atoms with Gasteiger partial charge in [-0.15, -0.1) is 0 Å². The Hall–Kier alpha value is -2.42. The maximum atomic E-state index is 12.2. The maximum absolute atomic E-state index is 12.2. The summed E-state index contributed by atoms with van der Waals surface area (Å²) in [6.07, 6.45) is 1.22. The molecule has 0 radical (unpaired) electrons. The molecule has 8 nitrogen and oxygen atoms in total. The van der Waals surface area contributed by atoms with Crippen LogP contribution >= 0.6 is 0 Å². The highest BCUT2D eigenvalue weighted by molar-refractivity contribution is 7.92. The van der Waals surface area contributed by atoms with E-state index in [-0.39, 0.29) is 16.5 Å². The number of nitrogens with one attached hydrogen (secondary N) is 1. The summed E-state index contributed by atoms with van der Waals surface area (Å²) in [5.74, 6) is -1.25. The third kappa shape index (κ3) is 3.19. The van der Waals surface area contributed by atoms with Crippen molar-refractivity contribution in [2.45, 2.75) is 18.7 Å². The lowest BCUT2D eigenvalue weighted by atomic mass is 10.4. The minimum Gasteiger partial charge on any atom is -0.477 e. The number of carboxylic acid groups (broad SMARTS) is 1. The van der Waals surface area contributed by atoms with Crippen molar-refractivity contribution in [1.29, 1.82) is 0 Å². The average molecular weight is 310 g/mol. The second-order valence-electron chi connectivity index (χ2n) is 4.56. The number of anilines is 1. The number of aromatic carboxylic acids is 1. The summed E-state index contributed by atoms with van der Waals surface area (Å²) in [6.45, 7) is 3.44. The largest absolute Gasteiger partial charge is 0.477 e. The van der Waals surface area contributed by atoms with Gasteiger partial charge in [0.05, 0.1) is 0 Å². The van der Waals surface area contributed by atoms with E-state index in [1.54, 1.807) is 19.9 Å². The standard InChI is InChI=1S/C12H14N4O4S/c1-7-4-8(2)14-12(13-7)15-21(19,20)9-5-10(11(17)18)16(3)6-9/h4-6H,1-3H3,(H,17,18)(H,13,14,15). The van der Waals surface area contributed by atoms with Crippen LogP contribution < -0.4 is 4.72 Å². The molecule has 0 saturated carbocycles. The van der Waals surface area contributed by atoms with Crippen LogP contribution in [0, 0.1) is 13.8 Å². The molecule has 0 aliphatic carbocycles. The Morgan fingerprint density at radius 2 is 1.81 bits per heavy atom. The molecular formula is C12H14N4O4S. The lowest BCUT2D eigenvalue weighted by Gasteiger charge is -2.06. The normalized spacial score (nSPS) is 11.4. The molecule has 0 atom stereocenters. The highest BCUT2D eigenvalue weighted by Gasteiger charge is 2.21. The third-order valence-corrected chi connectivity index (χ3v) is 4.01. The van der Waals surface area contributed by atoms with E-state index in [1.807, 2.05) is 0 Å². The number of nitrogens with zero attached hydrogens (tertiary/aromatic N) is 3. The zero-order valence-electron chi connectivity index (χ0n) is 11.7. The van der Waals surface area contributed by atoms with Crippen LogP contribution in [0.4, 0.5) is 5.95 Å².